The molecule has 0 aliphatic carbocycles. The third-order valence-corrected chi connectivity index (χ3v) is 5.37. The van der Waals surface area contributed by atoms with Gasteiger partial charge in [0, 0.05) is 5.60 Å². The van der Waals surface area contributed by atoms with Crippen LogP contribution >= 0.6 is 0 Å². The molecular weight excluding hydrogens is 224 g/mol. The molecule has 0 saturated carbocycles. The van der Waals surface area contributed by atoms with E-state index in [9.17, 15) is 0 Å². The molecule has 0 aromatic carbocycles. The quantitative estimate of drug-likeness (QED) is 0.360. The third kappa shape index (κ3) is 12.4. The van der Waals surface area contributed by atoms with Gasteiger partial charge < -0.3 is 4.43 Å². The first-order valence-electron chi connectivity index (χ1n) is 7.76. The fraction of sp³-hybridized carbons (Fsp3) is 1.00. The molecule has 0 fully saturated rings. The highest BCUT2D eigenvalue weighted by molar-refractivity contribution is 6.27. The van der Waals surface area contributed by atoms with Crippen molar-refractivity contribution in [1.29, 1.82) is 0 Å². The average molecular weight is 259 g/mol. The summed E-state index contributed by atoms with van der Waals surface area (Å²) < 4.78 is 5.98. The van der Waals surface area contributed by atoms with Crippen molar-refractivity contribution in [3.05, 3.63) is 0 Å². The second kappa shape index (κ2) is 11.3. The van der Waals surface area contributed by atoms with Crippen LogP contribution in [0.5, 0.6) is 0 Å². The van der Waals surface area contributed by atoms with Gasteiger partial charge in [-0.3, -0.25) is 0 Å². The van der Waals surface area contributed by atoms with Crippen LogP contribution in [0.2, 0.25) is 6.04 Å². The summed E-state index contributed by atoms with van der Waals surface area (Å²) in [5.74, 6) is 0. The van der Waals surface area contributed by atoms with Gasteiger partial charge in [-0.05, 0) is 26.3 Å². The molecule has 0 amide bonds. The largest absolute Gasteiger partial charge is 0.419 e. The molecule has 2 heteroatoms. The van der Waals surface area contributed by atoms with Crippen molar-refractivity contribution in [1.82, 2.24) is 0 Å². The van der Waals surface area contributed by atoms with Crippen LogP contribution in [-0.4, -0.2) is 15.4 Å². The number of hydrogen-bond donors (Lipinski definition) is 0. The Morgan fingerprint density at radius 1 is 0.824 bits per heavy atom. The number of hydrogen-bond acceptors (Lipinski definition) is 1. The minimum Gasteiger partial charge on any atom is -0.419 e. The van der Waals surface area contributed by atoms with Crippen molar-refractivity contribution >= 4 is 9.76 Å². The SMILES string of the molecule is CCCCCCCCCC[SiH2]OC(C)(C)CC. The first kappa shape index (κ1) is 17.2. The van der Waals surface area contributed by atoms with Gasteiger partial charge in [-0.25, -0.2) is 0 Å². The second-order valence-corrected chi connectivity index (χ2v) is 7.19. The number of rotatable bonds is 12. The maximum absolute atomic E-state index is 5.98. The molecule has 104 valence electrons. The first-order valence-corrected chi connectivity index (χ1v) is 9.34. The molecule has 0 bridgehead atoms. The predicted molar refractivity (Wildman–Crippen MR) is 81.4 cm³/mol. The van der Waals surface area contributed by atoms with Gasteiger partial charge in [0.2, 0.25) is 0 Å². The molecule has 0 aromatic heterocycles. The van der Waals surface area contributed by atoms with Crippen LogP contribution in [0.25, 0.3) is 0 Å². The van der Waals surface area contributed by atoms with Crippen LogP contribution in [0, 0.1) is 0 Å². The molecule has 0 unspecified atom stereocenters. The molecule has 0 N–H and O–H groups in total. The van der Waals surface area contributed by atoms with Crippen molar-refractivity contribution in [2.75, 3.05) is 0 Å². The highest BCUT2D eigenvalue weighted by Crippen LogP contribution is 2.14. The van der Waals surface area contributed by atoms with Gasteiger partial charge in [0.25, 0.3) is 0 Å². The lowest BCUT2D eigenvalue weighted by Crippen LogP contribution is -2.24. The highest BCUT2D eigenvalue weighted by atomic mass is 28.2. The van der Waals surface area contributed by atoms with E-state index in [2.05, 4.69) is 27.7 Å². The van der Waals surface area contributed by atoms with Crippen LogP contribution < -0.4 is 0 Å². The highest BCUT2D eigenvalue weighted by Gasteiger charge is 2.13. The van der Waals surface area contributed by atoms with E-state index >= 15 is 0 Å². The van der Waals surface area contributed by atoms with E-state index in [-0.39, 0.29) is 15.4 Å². The Labute approximate surface area is 112 Å². The number of unbranched alkanes of at least 4 members (excludes halogenated alkanes) is 7. The van der Waals surface area contributed by atoms with E-state index in [4.69, 9.17) is 4.43 Å². The topological polar surface area (TPSA) is 9.23 Å². The molecular formula is C15H34OSi. The maximum atomic E-state index is 5.98. The molecule has 0 spiro atoms. The Hall–Kier alpha value is 0.177. The lowest BCUT2D eigenvalue weighted by molar-refractivity contribution is 0.111. The molecule has 0 radical (unpaired) electrons. The third-order valence-electron chi connectivity index (χ3n) is 3.59. The molecule has 0 aliphatic heterocycles. The first-order chi connectivity index (χ1) is 8.12. The van der Waals surface area contributed by atoms with Gasteiger partial charge in [0.05, 0.1) is 0 Å². The van der Waals surface area contributed by atoms with E-state index in [1.54, 1.807) is 0 Å². The smallest absolute Gasteiger partial charge is 0.162 e. The summed E-state index contributed by atoms with van der Waals surface area (Å²) in [6.07, 6.45) is 12.5. The normalized spacial score (nSPS) is 12.7. The summed E-state index contributed by atoms with van der Waals surface area (Å²) in [7, 11) is -0.251. The minimum atomic E-state index is -0.251. The molecule has 0 saturated heterocycles. The Morgan fingerprint density at radius 3 is 1.88 bits per heavy atom. The van der Waals surface area contributed by atoms with Crippen molar-refractivity contribution in [2.24, 2.45) is 0 Å². The predicted octanol–water partition coefficient (Wildman–Crippen LogP) is 4.83. The van der Waals surface area contributed by atoms with Crippen LogP contribution in [0.15, 0.2) is 0 Å². The summed E-state index contributed by atoms with van der Waals surface area (Å²) in [5, 5.41) is 0. The summed E-state index contributed by atoms with van der Waals surface area (Å²) in [6, 6.07) is 1.37. The molecule has 1 nitrogen and oxygen atoms in total. The molecule has 0 rings (SSSR count). The van der Waals surface area contributed by atoms with E-state index < -0.39 is 0 Å². The zero-order valence-electron chi connectivity index (χ0n) is 12.7. The molecule has 0 atom stereocenters. The van der Waals surface area contributed by atoms with Crippen molar-refractivity contribution in [3.63, 3.8) is 0 Å². The molecule has 17 heavy (non-hydrogen) atoms. The molecule has 0 aromatic rings. The van der Waals surface area contributed by atoms with Crippen molar-refractivity contribution in [2.45, 2.75) is 97.1 Å². The van der Waals surface area contributed by atoms with Crippen LogP contribution in [-0.2, 0) is 4.43 Å². The monoisotopic (exact) mass is 258 g/mol. The fourth-order valence-electron chi connectivity index (χ4n) is 1.86. The Balaban J connectivity index is 3.09. The van der Waals surface area contributed by atoms with E-state index in [1.165, 1.54) is 57.4 Å². The van der Waals surface area contributed by atoms with Gasteiger partial charge >= 0.3 is 0 Å². The van der Waals surface area contributed by atoms with Gasteiger partial charge in [0.15, 0.2) is 9.76 Å². The van der Waals surface area contributed by atoms with E-state index in [0.717, 1.165) is 6.42 Å². The van der Waals surface area contributed by atoms with Crippen LogP contribution in [0.1, 0.15) is 85.5 Å². The standard InChI is InChI=1S/C15H34OSi/c1-5-7-8-9-10-11-12-13-14-17-16-15(3,4)6-2/h5-14,17H2,1-4H3. The van der Waals surface area contributed by atoms with Gasteiger partial charge in [-0.15, -0.1) is 0 Å². The van der Waals surface area contributed by atoms with Crippen LogP contribution in [0.3, 0.4) is 0 Å². The minimum absolute atomic E-state index is 0.145. The van der Waals surface area contributed by atoms with Crippen LogP contribution in [0.4, 0.5) is 0 Å². The van der Waals surface area contributed by atoms with Crippen molar-refractivity contribution in [3.8, 4) is 0 Å². The lowest BCUT2D eigenvalue weighted by atomic mass is 10.1. The second-order valence-electron chi connectivity index (χ2n) is 5.79. The molecule has 0 heterocycles. The van der Waals surface area contributed by atoms with Crippen molar-refractivity contribution < 1.29 is 4.43 Å². The summed E-state index contributed by atoms with van der Waals surface area (Å²) in [5.41, 5.74) is 0.145. The summed E-state index contributed by atoms with van der Waals surface area (Å²) in [6.45, 7) is 8.93. The fourth-order valence-corrected chi connectivity index (χ4v) is 3.32. The Bertz CT molecular complexity index is 157. The zero-order valence-corrected chi connectivity index (χ0v) is 14.1. The lowest BCUT2D eigenvalue weighted by Gasteiger charge is -2.23. The summed E-state index contributed by atoms with van der Waals surface area (Å²) in [4.78, 5) is 0. The van der Waals surface area contributed by atoms with E-state index in [1.807, 2.05) is 0 Å². The Kier molecular flexibility index (Phi) is 11.4. The van der Waals surface area contributed by atoms with Gasteiger partial charge in [0.1, 0.15) is 0 Å². The summed E-state index contributed by atoms with van der Waals surface area (Å²) >= 11 is 0. The van der Waals surface area contributed by atoms with Gasteiger partial charge in [-0.1, -0.05) is 65.2 Å². The average Bonchev–Trinajstić information content (AvgIpc) is 2.31. The maximum Gasteiger partial charge on any atom is 0.162 e. The molecule has 0 aliphatic rings. The Morgan fingerprint density at radius 2 is 1.35 bits per heavy atom. The van der Waals surface area contributed by atoms with E-state index in [0.29, 0.717) is 0 Å². The van der Waals surface area contributed by atoms with Gasteiger partial charge in [-0.2, -0.15) is 0 Å². The zero-order chi connectivity index (χ0) is 13.0.